The summed E-state index contributed by atoms with van der Waals surface area (Å²) in [4.78, 5) is 12.6. The summed E-state index contributed by atoms with van der Waals surface area (Å²) in [7, 11) is 0. The van der Waals surface area contributed by atoms with Crippen LogP contribution in [0.2, 0.25) is 0 Å². The van der Waals surface area contributed by atoms with E-state index in [4.69, 9.17) is 19.9 Å². The fraction of sp³-hybridized carbons (Fsp3) is 0.217. The molecule has 0 spiro atoms. The quantitative estimate of drug-likeness (QED) is 0.752. The van der Waals surface area contributed by atoms with Crippen LogP contribution in [0.25, 0.3) is 0 Å². The van der Waals surface area contributed by atoms with Crippen molar-refractivity contribution in [2.45, 2.75) is 26.4 Å². The number of ether oxygens (including phenoxy) is 3. The summed E-state index contributed by atoms with van der Waals surface area (Å²) < 4.78 is 16.5. The minimum Gasteiger partial charge on any atom is -0.489 e. The highest BCUT2D eigenvalue weighted by Gasteiger charge is 2.36. The van der Waals surface area contributed by atoms with E-state index in [9.17, 15) is 10.1 Å². The minimum atomic E-state index is -0.687. The van der Waals surface area contributed by atoms with Crippen LogP contribution in [-0.4, -0.2) is 12.6 Å². The smallest absolute Gasteiger partial charge is 0.338 e. The van der Waals surface area contributed by atoms with Gasteiger partial charge in [0.25, 0.3) is 0 Å². The normalized spacial score (nSPS) is 16.1. The fourth-order valence-electron chi connectivity index (χ4n) is 3.21. The number of carbonyl (C=O) groups is 1. The van der Waals surface area contributed by atoms with Crippen molar-refractivity contribution in [2.24, 2.45) is 5.73 Å². The highest BCUT2D eigenvalue weighted by Crippen LogP contribution is 2.40. The number of hydrogen-bond acceptors (Lipinski definition) is 6. The van der Waals surface area contributed by atoms with E-state index in [2.05, 4.69) is 6.07 Å². The Morgan fingerprint density at radius 1 is 1.21 bits per heavy atom. The number of allylic oxidation sites excluding steroid dienone is 2. The van der Waals surface area contributed by atoms with E-state index >= 15 is 0 Å². The van der Waals surface area contributed by atoms with Gasteiger partial charge in [-0.1, -0.05) is 42.5 Å². The van der Waals surface area contributed by atoms with Crippen LogP contribution in [-0.2, 0) is 20.9 Å². The number of nitriles is 1. The zero-order chi connectivity index (χ0) is 20.8. The van der Waals surface area contributed by atoms with Crippen molar-refractivity contribution in [3.8, 4) is 11.8 Å². The second kappa shape index (κ2) is 8.98. The van der Waals surface area contributed by atoms with Crippen molar-refractivity contribution in [1.82, 2.24) is 0 Å². The van der Waals surface area contributed by atoms with Crippen molar-refractivity contribution in [3.63, 3.8) is 0 Å². The number of nitrogens with two attached hydrogens (primary N) is 1. The van der Waals surface area contributed by atoms with Crippen molar-refractivity contribution < 1.29 is 19.0 Å². The molecule has 1 aliphatic rings. The van der Waals surface area contributed by atoms with E-state index in [1.165, 1.54) is 0 Å². The first-order valence-electron chi connectivity index (χ1n) is 9.27. The Morgan fingerprint density at radius 2 is 1.97 bits per heavy atom. The summed E-state index contributed by atoms with van der Waals surface area (Å²) in [5, 5.41) is 9.66. The Kier molecular flexibility index (Phi) is 6.20. The van der Waals surface area contributed by atoms with Crippen LogP contribution in [0, 0.1) is 11.3 Å². The van der Waals surface area contributed by atoms with Gasteiger partial charge in [0.15, 0.2) is 0 Å². The van der Waals surface area contributed by atoms with E-state index < -0.39 is 11.9 Å². The summed E-state index contributed by atoms with van der Waals surface area (Å²) in [6.45, 7) is 3.97. The van der Waals surface area contributed by atoms with E-state index in [1.54, 1.807) is 19.9 Å². The molecule has 0 fully saturated rings. The molecule has 1 aliphatic heterocycles. The molecule has 6 nitrogen and oxygen atoms in total. The Morgan fingerprint density at radius 3 is 2.66 bits per heavy atom. The Balaban J connectivity index is 1.95. The number of nitrogens with zero attached hydrogens (tertiary/aromatic N) is 1. The minimum absolute atomic E-state index is 0.0151. The van der Waals surface area contributed by atoms with Crippen LogP contribution in [0.15, 0.2) is 77.4 Å². The highest BCUT2D eigenvalue weighted by molar-refractivity contribution is 5.92. The first-order valence-corrected chi connectivity index (χ1v) is 9.27. The van der Waals surface area contributed by atoms with Gasteiger partial charge < -0.3 is 19.9 Å². The number of esters is 1. The van der Waals surface area contributed by atoms with Gasteiger partial charge in [-0.2, -0.15) is 5.26 Å². The molecule has 0 unspecified atom stereocenters. The second-order valence-electron chi connectivity index (χ2n) is 6.46. The van der Waals surface area contributed by atoms with Gasteiger partial charge in [0.05, 0.1) is 18.1 Å². The predicted octanol–water partition coefficient (Wildman–Crippen LogP) is 3.91. The molecule has 0 radical (unpaired) electrons. The molecule has 2 N–H and O–H groups in total. The van der Waals surface area contributed by atoms with Crippen LogP contribution >= 0.6 is 0 Å². The Labute approximate surface area is 169 Å². The van der Waals surface area contributed by atoms with Crippen molar-refractivity contribution in [3.05, 3.63) is 88.5 Å². The molecular formula is C23H22N2O4. The van der Waals surface area contributed by atoms with Gasteiger partial charge in [-0.25, -0.2) is 4.79 Å². The number of carbonyl (C=O) groups excluding carboxylic acids is 1. The second-order valence-corrected chi connectivity index (χ2v) is 6.46. The van der Waals surface area contributed by atoms with Gasteiger partial charge in [0.1, 0.15) is 29.8 Å². The molecule has 0 saturated carbocycles. The lowest BCUT2D eigenvalue weighted by Crippen LogP contribution is -2.25. The summed E-state index contributed by atoms with van der Waals surface area (Å²) in [6.07, 6.45) is 0. The molecule has 0 amide bonds. The third-order valence-corrected chi connectivity index (χ3v) is 4.54. The Hall–Kier alpha value is -3.72. The molecule has 29 heavy (non-hydrogen) atoms. The van der Waals surface area contributed by atoms with Crippen molar-refractivity contribution in [2.75, 3.05) is 6.61 Å². The highest BCUT2D eigenvalue weighted by atomic mass is 16.5. The zero-order valence-corrected chi connectivity index (χ0v) is 16.3. The lowest BCUT2D eigenvalue weighted by Gasteiger charge is -2.27. The van der Waals surface area contributed by atoms with Gasteiger partial charge in [0, 0.05) is 0 Å². The van der Waals surface area contributed by atoms with Gasteiger partial charge >= 0.3 is 5.97 Å². The van der Waals surface area contributed by atoms with Gasteiger partial charge in [0.2, 0.25) is 5.88 Å². The average Bonchev–Trinajstić information content (AvgIpc) is 2.73. The summed E-state index contributed by atoms with van der Waals surface area (Å²) >= 11 is 0. The van der Waals surface area contributed by atoms with Crippen LogP contribution < -0.4 is 10.5 Å². The van der Waals surface area contributed by atoms with Crippen molar-refractivity contribution >= 4 is 5.97 Å². The molecule has 1 heterocycles. The molecule has 2 aromatic rings. The summed E-state index contributed by atoms with van der Waals surface area (Å²) in [5.41, 5.74) is 8.09. The maximum absolute atomic E-state index is 12.6. The molecule has 3 rings (SSSR count). The van der Waals surface area contributed by atoms with Crippen LogP contribution in [0.1, 0.15) is 30.9 Å². The number of hydrogen-bond donors (Lipinski definition) is 1. The molecule has 2 aromatic carbocycles. The molecular weight excluding hydrogens is 368 g/mol. The topological polar surface area (TPSA) is 94.6 Å². The molecule has 1 atom stereocenters. The number of benzene rings is 2. The van der Waals surface area contributed by atoms with Crippen LogP contribution in [0.3, 0.4) is 0 Å². The maximum Gasteiger partial charge on any atom is 0.338 e. The number of rotatable bonds is 6. The standard InChI is InChI=1S/C23H22N2O4/c1-3-27-23(26)20-15(2)29-22(25)19(13-24)21(20)17-10-7-11-18(12-17)28-14-16-8-5-4-6-9-16/h4-12,21H,3,14,25H2,1-2H3/t21-/m1/s1. The van der Waals surface area contributed by atoms with Gasteiger partial charge in [-0.3, -0.25) is 0 Å². The predicted molar refractivity (Wildman–Crippen MR) is 107 cm³/mol. The van der Waals surface area contributed by atoms with Crippen LogP contribution in [0.4, 0.5) is 0 Å². The molecule has 0 bridgehead atoms. The summed E-state index contributed by atoms with van der Waals surface area (Å²) in [6, 6.07) is 19.1. The first-order chi connectivity index (χ1) is 14.0. The van der Waals surface area contributed by atoms with E-state index in [-0.39, 0.29) is 23.6 Å². The van der Waals surface area contributed by atoms with Gasteiger partial charge in [-0.05, 0) is 37.1 Å². The molecule has 0 saturated heterocycles. The average molecular weight is 390 g/mol. The molecule has 0 aliphatic carbocycles. The van der Waals surface area contributed by atoms with E-state index in [0.717, 1.165) is 5.56 Å². The van der Waals surface area contributed by atoms with Crippen LogP contribution in [0.5, 0.6) is 5.75 Å². The molecule has 6 heteroatoms. The van der Waals surface area contributed by atoms with Gasteiger partial charge in [-0.15, -0.1) is 0 Å². The lowest BCUT2D eigenvalue weighted by molar-refractivity contribution is -0.139. The maximum atomic E-state index is 12.6. The van der Waals surface area contributed by atoms with Crippen molar-refractivity contribution in [1.29, 1.82) is 5.26 Å². The monoisotopic (exact) mass is 390 g/mol. The van der Waals surface area contributed by atoms with E-state index in [0.29, 0.717) is 23.7 Å². The summed E-state index contributed by atoms with van der Waals surface area (Å²) in [5.74, 6) is -0.298. The fourth-order valence-corrected chi connectivity index (χ4v) is 3.21. The largest absolute Gasteiger partial charge is 0.489 e. The van der Waals surface area contributed by atoms with E-state index in [1.807, 2.05) is 48.5 Å². The third-order valence-electron chi connectivity index (χ3n) is 4.54. The zero-order valence-electron chi connectivity index (χ0n) is 16.3. The first kappa shape index (κ1) is 20.0. The molecule has 148 valence electrons. The molecule has 0 aromatic heterocycles. The lowest BCUT2D eigenvalue weighted by atomic mass is 9.83. The Bertz CT molecular complexity index is 1000. The SMILES string of the molecule is CCOC(=O)C1=C(C)OC(N)=C(C#N)[C@H]1c1cccc(OCc2ccccc2)c1. The third kappa shape index (κ3) is 4.41.